The van der Waals surface area contributed by atoms with Gasteiger partial charge in [-0.3, -0.25) is 10.2 Å². The van der Waals surface area contributed by atoms with Crippen molar-refractivity contribution in [1.29, 1.82) is 0 Å². The van der Waals surface area contributed by atoms with Gasteiger partial charge >= 0.3 is 0 Å². The number of rotatable bonds is 7. The van der Waals surface area contributed by atoms with Gasteiger partial charge in [0.05, 0.1) is 0 Å². The topological polar surface area (TPSA) is 61.5 Å². The summed E-state index contributed by atoms with van der Waals surface area (Å²) in [6.45, 7) is 1.46. The molecule has 4 N–H and O–H groups in total. The molecule has 3 aromatic rings. The molecule has 1 aliphatic carbocycles. The van der Waals surface area contributed by atoms with Crippen LogP contribution in [0.25, 0.3) is 0 Å². The van der Waals surface area contributed by atoms with Crippen LogP contribution in [0.15, 0.2) is 72.8 Å². The average Bonchev–Trinajstić information content (AvgIpc) is 2.89. The number of nitrogens with one attached hydrogen (secondary N) is 1. The second kappa shape index (κ2) is 11.6. The van der Waals surface area contributed by atoms with E-state index >= 15 is 0 Å². The summed E-state index contributed by atoms with van der Waals surface area (Å²) in [5.74, 6) is -0.210. The second-order valence-corrected chi connectivity index (χ2v) is 11.0. The molecule has 2 aliphatic rings. The maximum atomic E-state index is 11.7. The number of benzene rings is 3. The minimum absolute atomic E-state index is 0.0985. The minimum Gasteiger partial charge on any atom is -0.378 e. The molecule has 0 aromatic heterocycles. The number of fused-ring (bicyclic) bond motifs is 1. The maximum absolute atomic E-state index is 11.7. The van der Waals surface area contributed by atoms with Crippen molar-refractivity contribution in [3.05, 3.63) is 105 Å². The average molecular weight is 525 g/mol. The SMILES string of the molecule is N[C@H]1CCCC[C@@H]1N1Cc2ccccc2[C@@H](C(O)NCCc2ccccc2)[C@@H]1c1ccc(Cl)cc1Cl. The zero-order valence-electron chi connectivity index (χ0n) is 20.5. The number of halogens is 2. The molecule has 4 nitrogen and oxygen atoms in total. The van der Waals surface area contributed by atoms with Crippen molar-refractivity contribution >= 4 is 23.2 Å². The van der Waals surface area contributed by atoms with Gasteiger partial charge in [-0.25, -0.2) is 0 Å². The van der Waals surface area contributed by atoms with E-state index in [1.807, 2.05) is 36.4 Å². The van der Waals surface area contributed by atoms with Gasteiger partial charge < -0.3 is 10.8 Å². The zero-order chi connectivity index (χ0) is 25.1. The Morgan fingerprint density at radius 2 is 1.69 bits per heavy atom. The summed E-state index contributed by atoms with van der Waals surface area (Å²) in [6.07, 6.45) is 4.49. The molecular weight excluding hydrogens is 489 g/mol. The first-order chi connectivity index (χ1) is 17.5. The van der Waals surface area contributed by atoms with Gasteiger partial charge in [0.15, 0.2) is 0 Å². The van der Waals surface area contributed by atoms with Gasteiger partial charge in [-0.2, -0.15) is 0 Å². The lowest BCUT2D eigenvalue weighted by molar-refractivity contribution is 0.00362. The van der Waals surface area contributed by atoms with Gasteiger partial charge in [0.2, 0.25) is 0 Å². The largest absolute Gasteiger partial charge is 0.378 e. The standard InChI is InChI=1S/C30H35Cl2N3O/c31-22-14-15-24(25(32)18-22)29-28(30(36)34-17-16-20-8-2-1-3-9-20)23-11-5-4-10-21(23)19-35(29)27-13-7-6-12-26(27)33/h1-5,8-11,14-15,18,26-30,34,36H,6-7,12-13,16-17,19,33H2/t26-,27-,28+,29-,30?/m0/s1. The Hall–Kier alpha value is -1.92. The molecule has 6 heteroatoms. The van der Waals surface area contributed by atoms with Gasteiger partial charge in [0.25, 0.3) is 0 Å². The smallest absolute Gasteiger partial charge is 0.113 e. The summed E-state index contributed by atoms with van der Waals surface area (Å²) in [5.41, 5.74) is 11.4. The number of hydrogen-bond donors (Lipinski definition) is 3. The predicted octanol–water partition coefficient (Wildman–Crippen LogP) is 6.05. The molecule has 1 unspecified atom stereocenters. The first kappa shape index (κ1) is 25.7. The third-order valence-electron chi connectivity index (χ3n) is 7.90. The lowest BCUT2D eigenvalue weighted by Gasteiger charge is -2.50. The second-order valence-electron chi connectivity index (χ2n) is 10.2. The van der Waals surface area contributed by atoms with Gasteiger partial charge in [0, 0.05) is 47.2 Å². The van der Waals surface area contributed by atoms with Crippen LogP contribution in [0.1, 0.15) is 59.9 Å². The highest BCUT2D eigenvalue weighted by Crippen LogP contribution is 2.48. The van der Waals surface area contributed by atoms with Crippen LogP contribution in [-0.2, 0) is 13.0 Å². The summed E-state index contributed by atoms with van der Waals surface area (Å²) in [5, 5.41) is 16.4. The quantitative estimate of drug-likeness (QED) is 0.329. The van der Waals surface area contributed by atoms with E-state index < -0.39 is 6.23 Å². The van der Waals surface area contributed by atoms with E-state index in [1.54, 1.807) is 0 Å². The highest BCUT2D eigenvalue weighted by Gasteiger charge is 2.44. The van der Waals surface area contributed by atoms with E-state index in [0.717, 1.165) is 36.9 Å². The van der Waals surface area contributed by atoms with Crippen molar-refractivity contribution in [2.45, 2.75) is 68.9 Å². The molecule has 0 saturated heterocycles. The summed E-state index contributed by atoms with van der Waals surface area (Å²) in [4.78, 5) is 2.51. The van der Waals surface area contributed by atoms with Crippen molar-refractivity contribution in [2.24, 2.45) is 5.73 Å². The van der Waals surface area contributed by atoms with Crippen LogP contribution < -0.4 is 11.1 Å². The molecule has 1 fully saturated rings. The van der Waals surface area contributed by atoms with E-state index in [0.29, 0.717) is 16.6 Å². The van der Waals surface area contributed by atoms with Crippen molar-refractivity contribution < 1.29 is 5.11 Å². The van der Waals surface area contributed by atoms with Gasteiger partial charge in [-0.15, -0.1) is 0 Å². The van der Waals surface area contributed by atoms with Gasteiger partial charge in [-0.1, -0.05) is 96.7 Å². The molecule has 0 bridgehead atoms. The fourth-order valence-electron chi connectivity index (χ4n) is 6.14. The van der Waals surface area contributed by atoms with Crippen LogP contribution in [0, 0.1) is 0 Å². The Labute approximate surface area is 224 Å². The van der Waals surface area contributed by atoms with Crippen LogP contribution in [0.4, 0.5) is 0 Å². The highest BCUT2D eigenvalue weighted by molar-refractivity contribution is 6.35. The fraction of sp³-hybridized carbons (Fsp3) is 0.400. The van der Waals surface area contributed by atoms with Crippen LogP contribution in [0.2, 0.25) is 10.0 Å². The summed E-state index contributed by atoms with van der Waals surface area (Å²) in [7, 11) is 0. The molecule has 0 spiro atoms. The van der Waals surface area contributed by atoms with Crippen LogP contribution in [0.3, 0.4) is 0 Å². The van der Waals surface area contributed by atoms with Crippen molar-refractivity contribution in [1.82, 2.24) is 10.2 Å². The monoisotopic (exact) mass is 523 g/mol. The van der Waals surface area contributed by atoms with Crippen molar-refractivity contribution in [3.8, 4) is 0 Å². The lowest BCUT2D eigenvalue weighted by atomic mass is 9.76. The van der Waals surface area contributed by atoms with E-state index in [-0.39, 0.29) is 24.0 Å². The predicted molar refractivity (Wildman–Crippen MR) is 148 cm³/mol. The zero-order valence-corrected chi connectivity index (χ0v) is 22.0. The number of aliphatic hydroxyl groups excluding tert-OH is 1. The summed E-state index contributed by atoms with van der Waals surface area (Å²) >= 11 is 13.1. The number of aliphatic hydroxyl groups is 1. The van der Waals surface area contributed by atoms with E-state index in [2.05, 4.69) is 46.6 Å². The van der Waals surface area contributed by atoms with Gasteiger partial charge in [0.1, 0.15) is 6.23 Å². The Bertz CT molecular complexity index is 1160. The molecule has 1 saturated carbocycles. The number of nitrogens with two attached hydrogens (primary N) is 1. The molecular formula is C30H35Cl2N3O. The molecule has 0 amide bonds. The normalized spacial score (nSPS) is 25.3. The van der Waals surface area contributed by atoms with E-state index in [9.17, 15) is 5.11 Å². The van der Waals surface area contributed by atoms with Crippen LogP contribution >= 0.6 is 23.2 Å². The molecule has 5 rings (SSSR count). The third-order valence-corrected chi connectivity index (χ3v) is 8.47. The summed E-state index contributed by atoms with van der Waals surface area (Å²) < 4.78 is 0. The molecule has 1 heterocycles. The van der Waals surface area contributed by atoms with Crippen LogP contribution in [0.5, 0.6) is 0 Å². The first-order valence-electron chi connectivity index (χ1n) is 13.0. The molecule has 0 radical (unpaired) electrons. The summed E-state index contributed by atoms with van der Waals surface area (Å²) in [6, 6.07) is 24.8. The van der Waals surface area contributed by atoms with Crippen molar-refractivity contribution in [3.63, 3.8) is 0 Å². The molecule has 3 aromatic carbocycles. The fourth-order valence-corrected chi connectivity index (χ4v) is 6.66. The Balaban J connectivity index is 1.52. The Morgan fingerprint density at radius 1 is 0.944 bits per heavy atom. The number of hydrogen-bond acceptors (Lipinski definition) is 4. The molecule has 5 atom stereocenters. The van der Waals surface area contributed by atoms with Gasteiger partial charge in [-0.05, 0) is 53.6 Å². The molecule has 190 valence electrons. The third kappa shape index (κ3) is 5.50. The number of nitrogens with zero attached hydrogens (tertiary/aromatic N) is 1. The van der Waals surface area contributed by atoms with Crippen molar-refractivity contribution in [2.75, 3.05) is 6.54 Å². The maximum Gasteiger partial charge on any atom is 0.113 e. The Morgan fingerprint density at radius 3 is 2.47 bits per heavy atom. The lowest BCUT2D eigenvalue weighted by Crippen LogP contribution is -2.55. The molecule has 1 aliphatic heterocycles. The highest BCUT2D eigenvalue weighted by atomic mass is 35.5. The van der Waals surface area contributed by atoms with E-state index in [4.69, 9.17) is 28.9 Å². The van der Waals surface area contributed by atoms with Crippen LogP contribution in [-0.4, -0.2) is 34.9 Å². The Kier molecular flexibility index (Phi) is 8.32. The molecule has 36 heavy (non-hydrogen) atoms. The first-order valence-corrected chi connectivity index (χ1v) is 13.8. The minimum atomic E-state index is -0.755. The van der Waals surface area contributed by atoms with E-state index in [1.165, 1.54) is 24.0 Å².